The average Bonchev–Trinajstić information content (AvgIpc) is 2.97. The van der Waals surface area contributed by atoms with Crippen LogP contribution < -0.4 is 0 Å². The van der Waals surface area contributed by atoms with Gasteiger partial charge in [-0.2, -0.15) is 0 Å². The average molecular weight is 281 g/mol. The standard InChI is InChI=1S/C15H23NO4/c1-2-16(10-11-6-5-9-20-11)14(17)12-7-3-4-8-13(12)15(18)19/h3-4,11-13H,2,5-10H2,1H3,(H,18,19)/t11?,12-,13+/m1/s1. The topological polar surface area (TPSA) is 66.8 Å². The summed E-state index contributed by atoms with van der Waals surface area (Å²) in [5.74, 6) is -1.94. The Morgan fingerprint density at radius 1 is 1.30 bits per heavy atom. The Kier molecular flexibility index (Phi) is 5.17. The maximum atomic E-state index is 12.6. The molecule has 1 aliphatic carbocycles. The normalized spacial score (nSPS) is 29.4. The first-order chi connectivity index (χ1) is 9.63. The molecule has 5 heteroatoms. The number of carboxylic acids is 1. The summed E-state index contributed by atoms with van der Waals surface area (Å²) >= 11 is 0. The molecule has 1 aliphatic heterocycles. The van der Waals surface area contributed by atoms with Crippen LogP contribution in [0.5, 0.6) is 0 Å². The summed E-state index contributed by atoms with van der Waals surface area (Å²) in [5, 5.41) is 9.27. The van der Waals surface area contributed by atoms with Crippen LogP contribution in [-0.2, 0) is 14.3 Å². The number of carbonyl (C=O) groups excluding carboxylic acids is 1. The first-order valence-corrected chi connectivity index (χ1v) is 7.41. The molecule has 1 N–H and O–H groups in total. The Hall–Kier alpha value is -1.36. The van der Waals surface area contributed by atoms with Gasteiger partial charge in [0.2, 0.25) is 5.91 Å². The highest BCUT2D eigenvalue weighted by atomic mass is 16.5. The lowest BCUT2D eigenvalue weighted by Gasteiger charge is -2.31. The minimum absolute atomic E-state index is 0.0419. The fourth-order valence-corrected chi connectivity index (χ4v) is 3.00. The van der Waals surface area contributed by atoms with Crippen LogP contribution in [0.1, 0.15) is 32.6 Å². The summed E-state index contributed by atoms with van der Waals surface area (Å²) in [4.78, 5) is 25.7. The number of nitrogens with zero attached hydrogens (tertiary/aromatic N) is 1. The molecule has 1 fully saturated rings. The van der Waals surface area contributed by atoms with Crippen LogP contribution >= 0.6 is 0 Å². The van der Waals surface area contributed by atoms with E-state index in [0.29, 0.717) is 25.9 Å². The second-order valence-electron chi connectivity index (χ2n) is 5.51. The number of aliphatic carboxylic acids is 1. The molecular weight excluding hydrogens is 258 g/mol. The van der Waals surface area contributed by atoms with Gasteiger partial charge >= 0.3 is 5.97 Å². The van der Waals surface area contributed by atoms with Gasteiger partial charge in [0.15, 0.2) is 0 Å². The molecule has 2 rings (SSSR count). The Bertz CT molecular complexity index is 387. The molecule has 3 atom stereocenters. The maximum Gasteiger partial charge on any atom is 0.307 e. The van der Waals surface area contributed by atoms with Crippen molar-refractivity contribution in [3.8, 4) is 0 Å². The lowest BCUT2D eigenvalue weighted by molar-refractivity contribution is -0.151. The van der Waals surface area contributed by atoms with E-state index >= 15 is 0 Å². The zero-order chi connectivity index (χ0) is 14.5. The second kappa shape index (κ2) is 6.88. The monoisotopic (exact) mass is 281 g/mol. The molecule has 112 valence electrons. The molecule has 1 amide bonds. The summed E-state index contributed by atoms with van der Waals surface area (Å²) in [7, 11) is 0. The van der Waals surface area contributed by atoms with E-state index in [-0.39, 0.29) is 12.0 Å². The van der Waals surface area contributed by atoms with Crippen molar-refractivity contribution in [2.75, 3.05) is 19.7 Å². The fourth-order valence-electron chi connectivity index (χ4n) is 3.00. The van der Waals surface area contributed by atoms with Gasteiger partial charge in [-0.3, -0.25) is 9.59 Å². The van der Waals surface area contributed by atoms with E-state index in [1.165, 1.54) is 0 Å². The highest BCUT2D eigenvalue weighted by Crippen LogP contribution is 2.28. The molecule has 2 aliphatic rings. The summed E-state index contributed by atoms with van der Waals surface area (Å²) in [5.41, 5.74) is 0. The minimum Gasteiger partial charge on any atom is -0.481 e. The molecule has 0 bridgehead atoms. The molecular formula is C15H23NO4. The molecule has 1 heterocycles. The van der Waals surface area contributed by atoms with E-state index in [2.05, 4.69) is 0 Å². The van der Waals surface area contributed by atoms with Gasteiger partial charge in [-0.15, -0.1) is 0 Å². The van der Waals surface area contributed by atoms with Crippen LogP contribution in [-0.4, -0.2) is 47.7 Å². The van der Waals surface area contributed by atoms with Crippen LogP contribution in [0.2, 0.25) is 0 Å². The highest BCUT2D eigenvalue weighted by molar-refractivity contribution is 5.85. The number of amides is 1. The first kappa shape index (κ1) is 15.0. The number of carboxylic acid groups (broad SMARTS) is 1. The van der Waals surface area contributed by atoms with Crippen LogP contribution in [0.3, 0.4) is 0 Å². The molecule has 0 aromatic heterocycles. The number of rotatable bonds is 5. The number of hydrogen-bond donors (Lipinski definition) is 1. The van der Waals surface area contributed by atoms with E-state index < -0.39 is 17.8 Å². The van der Waals surface area contributed by atoms with Gasteiger partial charge in [-0.1, -0.05) is 12.2 Å². The zero-order valence-corrected chi connectivity index (χ0v) is 12.0. The summed E-state index contributed by atoms with van der Waals surface area (Å²) < 4.78 is 5.57. The smallest absolute Gasteiger partial charge is 0.307 e. The van der Waals surface area contributed by atoms with Crippen molar-refractivity contribution in [1.29, 1.82) is 0 Å². The number of allylic oxidation sites excluding steroid dienone is 2. The van der Waals surface area contributed by atoms with Gasteiger partial charge in [0.1, 0.15) is 0 Å². The number of carbonyl (C=O) groups is 2. The van der Waals surface area contributed by atoms with Gasteiger partial charge in [0.25, 0.3) is 0 Å². The van der Waals surface area contributed by atoms with Gasteiger partial charge in [-0.25, -0.2) is 0 Å². The molecule has 5 nitrogen and oxygen atoms in total. The van der Waals surface area contributed by atoms with Crippen molar-refractivity contribution < 1.29 is 19.4 Å². The van der Waals surface area contributed by atoms with Crippen LogP contribution in [0, 0.1) is 11.8 Å². The fraction of sp³-hybridized carbons (Fsp3) is 0.733. The molecule has 0 aromatic carbocycles. The third-order valence-corrected chi connectivity index (χ3v) is 4.21. The molecule has 0 spiro atoms. The van der Waals surface area contributed by atoms with Gasteiger partial charge < -0.3 is 14.7 Å². The van der Waals surface area contributed by atoms with Crippen molar-refractivity contribution in [1.82, 2.24) is 4.90 Å². The SMILES string of the molecule is CCN(CC1CCCO1)C(=O)[C@@H]1CC=CC[C@@H]1C(=O)O. The van der Waals surface area contributed by atoms with E-state index in [4.69, 9.17) is 4.74 Å². The van der Waals surface area contributed by atoms with E-state index in [9.17, 15) is 14.7 Å². The van der Waals surface area contributed by atoms with E-state index in [1.807, 2.05) is 19.1 Å². The predicted octanol–water partition coefficient (Wildman–Crippen LogP) is 1.68. The molecule has 0 aromatic rings. The molecule has 0 saturated carbocycles. The van der Waals surface area contributed by atoms with Gasteiger partial charge in [-0.05, 0) is 32.6 Å². The predicted molar refractivity (Wildman–Crippen MR) is 74.2 cm³/mol. The number of hydrogen-bond acceptors (Lipinski definition) is 3. The van der Waals surface area contributed by atoms with E-state index in [1.54, 1.807) is 4.90 Å². The van der Waals surface area contributed by atoms with Gasteiger partial charge in [0.05, 0.1) is 17.9 Å². The molecule has 1 saturated heterocycles. The third kappa shape index (κ3) is 3.39. The van der Waals surface area contributed by atoms with Crippen molar-refractivity contribution in [3.05, 3.63) is 12.2 Å². The maximum absolute atomic E-state index is 12.6. The molecule has 20 heavy (non-hydrogen) atoms. The molecule has 1 unspecified atom stereocenters. The molecule has 0 radical (unpaired) electrons. The Labute approximate surface area is 119 Å². The van der Waals surface area contributed by atoms with Crippen LogP contribution in [0.25, 0.3) is 0 Å². The Balaban J connectivity index is 2.02. The lowest BCUT2D eigenvalue weighted by atomic mass is 9.82. The minimum atomic E-state index is -0.874. The van der Waals surface area contributed by atoms with Crippen molar-refractivity contribution >= 4 is 11.9 Å². The quantitative estimate of drug-likeness (QED) is 0.779. The van der Waals surface area contributed by atoms with Crippen molar-refractivity contribution in [2.45, 2.75) is 38.7 Å². The Morgan fingerprint density at radius 3 is 2.55 bits per heavy atom. The van der Waals surface area contributed by atoms with Crippen LogP contribution in [0.4, 0.5) is 0 Å². The largest absolute Gasteiger partial charge is 0.481 e. The second-order valence-corrected chi connectivity index (χ2v) is 5.51. The third-order valence-electron chi connectivity index (χ3n) is 4.21. The van der Waals surface area contributed by atoms with Crippen LogP contribution in [0.15, 0.2) is 12.2 Å². The van der Waals surface area contributed by atoms with Gasteiger partial charge in [0, 0.05) is 19.7 Å². The zero-order valence-electron chi connectivity index (χ0n) is 12.0. The highest BCUT2D eigenvalue weighted by Gasteiger charge is 2.36. The number of likely N-dealkylation sites (N-methyl/N-ethyl adjacent to an activating group) is 1. The van der Waals surface area contributed by atoms with Crippen molar-refractivity contribution in [3.63, 3.8) is 0 Å². The summed E-state index contributed by atoms with van der Waals surface area (Å²) in [6.45, 7) is 3.88. The number of ether oxygens (including phenoxy) is 1. The Morgan fingerprint density at radius 2 is 2.00 bits per heavy atom. The van der Waals surface area contributed by atoms with Crippen molar-refractivity contribution in [2.24, 2.45) is 11.8 Å². The summed E-state index contributed by atoms with van der Waals surface area (Å²) in [6, 6.07) is 0. The lowest BCUT2D eigenvalue weighted by Crippen LogP contribution is -2.44. The summed E-state index contributed by atoms with van der Waals surface area (Å²) in [6.07, 6.45) is 6.89. The first-order valence-electron chi connectivity index (χ1n) is 7.41. The van der Waals surface area contributed by atoms with E-state index in [0.717, 1.165) is 19.4 Å².